The van der Waals surface area contributed by atoms with Crippen LogP contribution in [0.3, 0.4) is 0 Å². The molecule has 4 aromatic rings. The summed E-state index contributed by atoms with van der Waals surface area (Å²) in [7, 11) is -0.731. The molecule has 8 nitrogen and oxygen atoms in total. The number of benzene rings is 3. The molecule has 3 aromatic carbocycles. The van der Waals surface area contributed by atoms with Gasteiger partial charge in [-0.15, -0.1) is 0 Å². The van der Waals surface area contributed by atoms with Gasteiger partial charge >= 0.3 is 0 Å². The van der Waals surface area contributed by atoms with E-state index < -0.39 is 10.0 Å². The number of nitrogens with one attached hydrogen (secondary N) is 1. The third-order valence-electron chi connectivity index (χ3n) is 5.96. The van der Waals surface area contributed by atoms with Gasteiger partial charge in [0.15, 0.2) is 5.03 Å². The van der Waals surface area contributed by atoms with Gasteiger partial charge in [0.1, 0.15) is 5.75 Å². The highest BCUT2D eigenvalue weighted by Crippen LogP contribution is 2.28. The Morgan fingerprint density at radius 1 is 1.05 bits per heavy atom. The van der Waals surface area contributed by atoms with Gasteiger partial charge in [0.25, 0.3) is 15.9 Å². The number of hydrogen-bond donors (Lipinski definition) is 1. The quantitative estimate of drug-likeness (QED) is 0.326. The predicted octanol–water partition coefficient (Wildman–Crippen LogP) is 5.35. The molecule has 37 heavy (non-hydrogen) atoms. The van der Waals surface area contributed by atoms with Crippen molar-refractivity contribution in [3.05, 3.63) is 100 Å². The van der Waals surface area contributed by atoms with Crippen molar-refractivity contribution in [2.45, 2.75) is 25.4 Å². The summed E-state index contributed by atoms with van der Waals surface area (Å²) < 4.78 is 35.3. The number of rotatable bonds is 8. The van der Waals surface area contributed by atoms with Gasteiger partial charge in [-0.2, -0.15) is 8.42 Å². The molecule has 0 radical (unpaired) electrons. The molecule has 0 saturated carbocycles. The zero-order valence-corrected chi connectivity index (χ0v) is 22.5. The molecule has 0 unspecified atom stereocenters. The van der Waals surface area contributed by atoms with E-state index in [0.717, 1.165) is 16.7 Å². The Balaban J connectivity index is 1.61. The van der Waals surface area contributed by atoms with E-state index in [0.29, 0.717) is 27.7 Å². The van der Waals surface area contributed by atoms with Gasteiger partial charge in [-0.1, -0.05) is 29.8 Å². The summed E-state index contributed by atoms with van der Waals surface area (Å²) in [5.41, 5.74) is 4.17. The maximum absolute atomic E-state index is 13.6. The van der Waals surface area contributed by atoms with Crippen molar-refractivity contribution < 1.29 is 17.9 Å². The highest BCUT2D eigenvalue weighted by atomic mass is 35.5. The number of anilines is 2. The van der Waals surface area contributed by atoms with Crippen molar-refractivity contribution in [1.82, 2.24) is 9.55 Å². The zero-order chi connectivity index (χ0) is 26.7. The minimum Gasteiger partial charge on any atom is -0.496 e. The number of sulfonamides is 1. The first kappa shape index (κ1) is 26.2. The maximum atomic E-state index is 13.6. The summed E-state index contributed by atoms with van der Waals surface area (Å²) in [6.45, 7) is 4.00. The van der Waals surface area contributed by atoms with Gasteiger partial charge in [-0.05, 0) is 73.0 Å². The molecule has 0 atom stereocenters. The van der Waals surface area contributed by atoms with Crippen LogP contribution in [0.15, 0.2) is 78.2 Å². The Morgan fingerprint density at radius 2 is 1.78 bits per heavy atom. The molecular formula is C27H27ClN4O4S. The molecule has 1 amide bonds. The topological polar surface area (TPSA) is 93.5 Å². The highest BCUT2D eigenvalue weighted by molar-refractivity contribution is 7.92. The van der Waals surface area contributed by atoms with Crippen LogP contribution in [0.5, 0.6) is 5.75 Å². The normalized spacial score (nSPS) is 11.3. The van der Waals surface area contributed by atoms with Crippen molar-refractivity contribution in [1.29, 1.82) is 0 Å². The molecule has 0 aliphatic heterocycles. The lowest BCUT2D eigenvalue weighted by Gasteiger charge is -2.24. The molecule has 4 rings (SSSR count). The number of aromatic nitrogens is 2. The largest absolute Gasteiger partial charge is 0.496 e. The second-order valence-electron chi connectivity index (χ2n) is 8.65. The number of methoxy groups -OCH3 is 1. The van der Waals surface area contributed by atoms with E-state index in [-0.39, 0.29) is 17.5 Å². The standard InChI is InChI=1S/C27H27ClN4O4S/c1-18-5-11-23(13-19(18)2)32(37(34,35)26-16-31(3)17-29-26)15-20-6-9-22(10-7-20)30-27(33)24-14-21(28)8-12-25(24)36-4/h5-14,16-17H,15H2,1-4H3,(H,30,33). The molecule has 0 fully saturated rings. The smallest absolute Gasteiger partial charge is 0.283 e. The van der Waals surface area contributed by atoms with Crippen LogP contribution >= 0.6 is 11.6 Å². The van der Waals surface area contributed by atoms with Gasteiger partial charge in [0.05, 0.1) is 31.2 Å². The van der Waals surface area contributed by atoms with Crippen molar-refractivity contribution >= 4 is 38.9 Å². The number of imidazole rings is 1. The van der Waals surface area contributed by atoms with E-state index in [4.69, 9.17) is 16.3 Å². The van der Waals surface area contributed by atoms with Gasteiger partial charge < -0.3 is 14.6 Å². The molecule has 0 bridgehead atoms. The van der Waals surface area contributed by atoms with Crippen molar-refractivity contribution in [3.8, 4) is 5.75 Å². The third kappa shape index (κ3) is 5.79. The monoisotopic (exact) mass is 538 g/mol. The summed E-state index contributed by atoms with van der Waals surface area (Å²) in [6, 6.07) is 17.3. The molecule has 1 aromatic heterocycles. The van der Waals surface area contributed by atoms with Gasteiger partial charge in [-0.25, -0.2) is 4.98 Å². The lowest BCUT2D eigenvalue weighted by molar-refractivity contribution is 0.102. The van der Waals surface area contributed by atoms with Crippen molar-refractivity contribution in [2.24, 2.45) is 7.05 Å². The van der Waals surface area contributed by atoms with Crippen LogP contribution in [0.2, 0.25) is 5.02 Å². The van der Waals surface area contributed by atoms with Crippen LogP contribution in [0.4, 0.5) is 11.4 Å². The Bertz CT molecular complexity index is 1550. The van der Waals surface area contributed by atoms with Crippen LogP contribution in [-0.4, -0.2) is 31.0 Å². The number of ether oxygens (including phenoxy) is 1. The second-order valence-corrected chi connectivity index (χ2v) is 10.9. The molecule has 10 heteroatoms. The Kier molecular flexibility index (Phi) is 7.56. The Morgan fingerprint density at radius 3 is 2.41 bits per heavy atom. The van der Waals surface area contributed by atoms with Crippen LogP contribution in [0.1, 0.15) is 27.0 Å². The number of carbonyl (C=O) groups is 1. The van der Waals surface area contributed by atoms with Crippen molar-refractivity contribution in [2.75, 3.05) is 16.7 Å². The minimum absolute atomic E-state index is 0.0346. The Labute approximate surface area is 221 Å². The molecule has 1 N–H and O–H groups in total. The number of amides is 1. The van der Waals surface area contributed by atoms with E-state index in [9.17, 15) is 13.2 Å². The predicted molar refractivity (Wildman–Crippen MR) is 145 cm³/mol. The van der Waals surface area contributed by atoms with E-state index in [1.54, 1.807) is 54.1 Å². The van der Waals surface area contributed by atoms with E-state index in [2.05, 4.69) is 10.3 Å². The van der Waals surface area contributed by atoms with Gasteiger partial charge in [0, 0.05) is 24.0 Å². The fourth-order valence-electron chi connectivity index (χ4n) is 3.75. The van der Waals surface area contributed by atoms with Gasteiger partial charge in [-0.3, -0.25) is 9.10 Å². The van der Waals surface area contributed by atoms with Crippen molar-refractivity contribution in [3.63, 3.8) is 0 Å². The number of halogens is 1. The third-order valence-corrected chi connectivity index (χ3v) is 7.85. The lowest BCUT2D eigenvalue weighted by atomic mass is 10.1. The number of nitrogens with zero attached hydrogens (tertiary/aromatic N) is 3. The summed E-state index contributed by atoms with van der Waals surface area (Å²) >= 11 is 6.05. The molecule has 0 spiro atoms. The van der Waals surface area contributed by atoms with Crippen LogP contribution in [0.25, 0.3) is 0 Å². The fraction of sp³-hybridized carbons (Fsp3) is 0.185. The molecule has 0 saturated heterocycles. The first-order chi connectivity index (χ1) is 17.6. The minimum atomic E-state index is -3.93. The van der Waals surface area contributed by atoms with E-state index in [1.165, 1.54) is 30.0 Å². The first-order valence-electron chi connectivity index (χ1n) is 11.4. The number of hydrogen-bond acceptors (Lipinski definition) is 5. The molecular weight excluding hydrogens is 512 g/mol. The lowest BCUT2D eigenvalue weighted by Crippen LogP contribution is -2.31. The molecule has 1 heterocycles. The van der Waals surface area contributed by atoms with Gasteiger partial charge in [0.2, 0.25) is 0 Å². The van der Waals surface area contributed by atoms with Crippen LogP contribution < -0.4 is 14.4 Å². The maximum Gasteiger partial charge on any atom is 0.283 e. The zero-order valence-electron chi connectivity index (χ0n) is 20.9. The summed E-state index contributed by atoms with van der Waals surface area (Å²) in [4.78, 5) is 16.9. The molecule has 0 aliphatic rings. The molecule has 192 valence electrons. The first-order valence-corrected chi connectivity index (χ1v) is 13.2. The summed E-state index contributed by atoms with van der Waals surface area (Å²) in [6.07, 6.45) is 2.93. The summed E-state index contributed by atoms with van der Waals surface area (Å²) in [5.74, 6) is 0.0314. The van der Waals surface area contributed by atoms with Crippen LogP contribution in [0, 0.1) is 13.8 Å². The SMILES string of the molecule is COc1ccc(Cl)cc1C(=O)Nc1ccc(CN(c2ccc(C)c(C)c2)S(=O)(=O)c2cn(C)cn2)cc1. The van der Waals surface area contributed by atoms with Crippen LogP contribution in [-0.2, 0) is 23.6 Å². The second kappa shape index (κ2) is 10.7. The number of carbonyl (C=O) groups excluding carboxylic acids is 1. The van der Waals surface area contributed by atoms with E-state index >= 15 is 0 Å². The Hall–Kier alpha value is -3.82. The average molecular weight is 539 g/mol. The highest BCUT2D eigenvalue weighted by Gasteiger charge is 2.28. The number of aryl methyl sites for hydroxylation is 3. The average Bonchev–Trinajstić information content (AvgIpc) is 3.32. The van der Waals surface area contributed by atoms with E-state index in [1.807, 2.05) is 26.0 Å². The summed E-state index contributed by atoms with van der Waals surface area (Å²) in [5, 5.41) is 3.21. The molecule has 0 aliphatic carbocycles. The fourth-order valence-corrected chi connectivity index (χ4v) is 5.33.